The summed E-state index contributed by atoms with van der Waals surface area (Å²) in [6.45, 7) is 1.92. The third-order valence-electron chi connectivity index (χ3n) is 3.56. The summed E-state index contributed by atoms with van der Waals surface area (Å²) < 4.78 is 1.76. The van der Waals surface area contributed by atoms with Crippen molar-refractivity contribution in [3.8, 4) is 0 Å². The molecule has 1 aliphatic heterocycles. The highest BCUT2D eigenvalue weighted by Gasteiger charge is 2.20. The highest BCUT2D eigenvalue weighted by atomic mass is 35.5. The summed E-state index contributed by atoms with van der Waals surface area (Å²) in [6, 6.07) is 1.62. The third kappa shape index (κ3) is 2.56. The molecule has 0 radical (unpaired) electrons. The molecule has 0 bridgehead atoms. The Balaban J connectivity index is 0.00000147. The summed E-state index contributed by atoms with van der Waals surface area (Å²) in [6.07, 6.45) is 3.61. The molecule has 0 aromatic carbocycles. The fraction of sp³-hybridized carbons (Fsp3) is 0.417. The van der Waals surface area contributed by atoms with Crippen molar-refractivity contribution in [2.24, 2.45) is 5.73 Å². The van der Waals surface area contributed by atoms with Gasteiger partial charge in [-0.2, -0.15) is 5.10 Å². The number of hydrogen-bond acceptors (Lipinski definition) is 4. The zero-order valence-corrected chi connectivity index (χ0v) is 12.4. The number of nitrogens with two attached hydrogens (primary N) is 1. The maximum Gasteiger partial charge on any atom is 0.251 e. The predicted molar refractivity (Wildman–Crippen MR) is 83.8 cm³/mol. The van der Waals surface area contributed by atoms with Gasteiger partial charge in [0.25, 0.3) is 5.56 Å². The van der Waals surface area contributed by atoms with E-state index in [-0.39, 0.29) is 23.0 Å². The smallest absolute Gasteiger partial charge is 0.251 e. The Bertz CT molecular complexity index is 689. The molecule has 0 atom stereocenters. The van der Waals surface area contributed by atoms with Crippen LogP contribution < -0.4 is 16.6 Å². The van der Waals surface area contributed by atoms with Crippen LogP contribution in [0.25, 0.3) is 5.65 Å². The van der Waals surface area contributed by atoms with Crippen LogP contribution in [0.2, 0.25) is 0 Å². The van der Waals surface area contributed by atoms with E-state index in [0.29, 0.717) is 17.1 Å². The molecule has 0 spiro atoms. The molecule has 1 saturated heterocycles. The van der Waals surface area contributed by atoms with Gasteiger partial charge in [-0.15, -0.1) is 12.4 Å². The number of halogens is 1. The van der Waals surface area contributed by atoms with Gasteiger partial charge >= 0.3 is 0 Å². The molecule has 1 aliphatic rings. The van der Waals surface area contributed by atoms with Gasteiger partial charge in [-0.1, -0.05) is 12.2 Å². The average molecular weight is 314 g/mol. The van der Waals surface area contributed by atoms with E-state index in [1.54, 1.807) is 16.8 Å². The number of nitrogens with one attached hydrogen (secondary N) is 2. The Hall–Kier alpha value is -1.44. The Morgan fingerprint density at radius 3 is 2.80 bits per heavy atom. The van der Waals surface area contributed by atoms with Crippen molar-refractivity contribution < 1.29 is 0 Å². The lowest BCUT2D eigenvalue weighted by molar-refractivity contribution is 0.446. The minimum atomic E-state index is -0.140. The Labute approximate surface area is 127 Å². The fourth-order valence-electron chi connectivity index (χ4n) is 2.60. The first-order valence-electron chi connectivity index (χ1n) is 6.28. The van der Waals surface area contributed by atoms with Gasteiger partial charge in [0, 0.05) is 12.0 Å². The molecule has 0 amide bonds. The van der Waals surface area contributed by atoms with Gasteiger partial charge in [-0.05, 0) is 25.9 Å². The SMILES string of the molecule is Cl.NC(=S)c1cnn2c(C3CCNCC3)cc(=O)[nH]c12. The minimum absolute atomic E-state index is 0. The van der Waals surface area contributed by atoms with Crippen molar-refractivity contribution in [3.63, 3.8) is 0 Å². The van der Waals surface area contributed by atoms with E-state index in [2.05, 4.69) is 15.4 Å². The number of rotatable bonds is 2. The molecule has 108 valence electrons. The van der Waals surface area contributed by atoms with Crippen LogP contribution in [-0.4, -0.2) is 32.7 Å². The summed E-state index contributed by atoms with van der Waals surface area (Å²) in [5.74, 6) is 0.338. The van der Waals surface area contributed by atoms with Gasteiger partial charge in [-0.3, -0.25) is 4.79 Å². The highest BCUT2D eigenvalue weighted by molar-refractivity contribution is 7.80. The van der Waals surface area contributed by atoms with Gasteiger partial charge in [0.2, 0.25) is 0 Å². The Kier molecular flexibility index (Phi) is 4.42. The van der Waals surface area contributed by atoms with Gasteiger partial charge in [0.05, 0.1) is 17.5 Å². The first-order chi connectivity index (χ1) is 9.16. The second kappa shape index (κ2) is 5.90. The van der Waals surface area contributed by atoms with E-state index >= 15 is 0 Å². The molecule has 6 nitrogen and oxygen atoms in total. The highest BCUT2D eigenvalue weighted by Crippen LogP contribution is 2.24. The summed E-state index contributed by atoms with van der Waals surface area (Å²) in [7, 11) is 0. The number of piperidine rings is 1. The minimum Gasteiger partial charge on any atom is -0.389 e. The van der Waals surface area contributed by atoms with Crippen LogP contribution in [0.4, 0.5) is 0 Å². The van der Waals surface area contributed by atoms with E-state index in [4.69, 9.17) is 18.0 Å². The van der Waals surface area contributed by atoms with Crippen LogP contribution >= 0.6 is 24.6 Å². The predicted octanol–water partition coefficient (Wildman–Crippen LogP) is 0.546. The van der Waals surface area contributed by atoms with Crippen LogP contribution in [0.5, 0.6) is 0 Å². The third-order valence-corrected chi connectivity index (χ3v) is 3.78. The van der Waals surface area contributed by atoms with Crippen LogP contribution in [0.1, 0.15) is 30.0 Å². The van der Waals surface area contributed by atoms with Gasteiger partial charge < -0.3 is 16.0 Å². The van der Waals surface area contributed by atoms with Crippen molar-refractivity contribution in [3.05, 3.63) is 33.9 Å². The molecule has 3 heterocycles. The monoisotopic (exact) mass is 313 g/mol. The molecule has 0 aliphatic carbocycles. The number of nitrogens with zero attached hydrogens (tertiary/aromatic N) is 2. The topological polar surface area (TPSA) is 88.2 Å². The maximum absolute atomic E-state index is 11.8. The molecular weight excluding hydrogens is 298 g/mol. The van der Waals surface area contributed by atoms with Crippen LogP contribution in [0.15, 0.2) is 17.1 Å². The quantitative estimate of drug-likeness (QED) is 0.705. The van der Waals surface area contributed by atoms with Crippen molar-refractivity contribution in [1.29, 1.82) is 0 Å². The summed E-state index contributed by atoms with van der Waals surface area (Å²) in [4.78, 5) is 14.8. The van der Waals surface area contributed by atoms with E-state index in [0.717, 1.165) is 31.6 Å². The van der Waals surface area contributed by atoms with Crippen molar-refractivity contribution >= 4 is 35.3 Å². The van der Waals surface area contributed by atoms with Gasteiger partial charge in [0.1, 0.15) is 10.6 Å². The zero-order valence-electron chi connectivity index (χ0n) is 10.8. The van der Waals surface area contributed by atoms with Crippen LogP contribution in [0, 0.1) is 0 Å². The van der Waals surface area contributed by atoms with Crippen molar-refractivity contribution in [1.82, 2.24) is 19.9 Å². The number of H-pyrrole nitrogens is 1. The number of aromatic amines is 1. The number of fused-ring (bicyclic) bond motifs is 1. The second-order valence-corrected chi connectivity index (χ2v) is 5.21. The molecule has 3 rings (SSSR count). The molecule has 8 heteroatoms. The maximum atomic E-state index is 11.8. The lowest BCUT2D eigenvalue weighted by Gasteiger charge is -2.23. The Morgan fingerprint density at radius 1 is 1.45 bits per heavy atom. The second-order valence-electron chi connectivity index (χ2n) is 4.77. The van der Waals surface area contributed by atoms with E-state index in [1.807, 2.05) is 0 Å². The van der Waals surface area contributed by atoms with Gasteiger partial charge in [0.15, 0.2) is 0 Å². The van der Waals surface area contributed by atoms with Crippen molar-refractivity contribution in [2.45, 2.75) is 18.8 Å². The van der Waals surface area contributed by atoms with E-state index in [1.165, 1.54) is 0 Å². The molecule has 20 heavy (non-hydrogen) atoms. The molecule has 0 saturated carbocycles. The standard InChI is InChI=1S/C12H15N5OS.ClH/c13-11(19)8-6-15-17-9(5-10(18)16-12(8)17)7-1-3-14-4-2-7;/h5-7,14H,1-4H2,(H2,13,19)(H,16,18);1H. The normalized spacial score (nSPS) is 16.0. The molecular formula is C12H16ClN5OS. The zero-order chi connectivity index (χ0) is 13.4. The summed E-state index contributed by atoms with van der Waals surface area (Å²) >= 11 is 4.98. The van der Waals surface area contributed by atoms with E-state index in [9.17, 15) is 4.79 Å². The molecule has 0 unspecified atom stereocenters. The van der Waals surface area contributed by atoms with Crippen molar-refractivity contribution in [2.75, 3.05) is 13.1 Å². The first-order valence-corrected chi connectivity index (χ1v) is 6.69. The summed E-state index contributed by atoms with van der Waals surface area (Å²) in [5, 5.41) is 7.63. The number of aromatic nitrogens is 3. The largest absolute Gasteiger partial charge is 0.389 e. The van der Waals surface area contributed by atoms with Crippen LogP contribution in [-0.2, 0) is 0 Å². The van der Waals surface area contributed by atoms with Crippen LogP contribution in [0.3, 0.4) is 0 Å². The fourth-order valence-corrected chi connectivity index (χ4v) is 2.75. The summed E-state index contributed by atoms with van der Waals surface area (Å²) in [5.41, 5.74) is 7.65. The molecule has 2 aromatic heterocycles. The lowest BCUT2D eigenvalue weighted by atomic mass is 9.94. The Morgan fingerprint density at radius 2 is 2.15 bits per heavy atom. The average Bonchev–Trinajstić information content (AvgIpc) is 2.82. The molecule has 4 N–H and O–H groups in total. The number of thiocarbonyl (C=S) groups is 1. The lowest BCUT2D eigenvalue weighted by Crippen LogP contribution is -2.28. The molecule has 1 fully saturated rings. The number of hydrogen-bond donors (Lipinski definition) is 3. The molecule has 2 aromatic rings. The van der Waals surface area contributed by atoms with Gasteiger partial charge in [-0.25, -0.2) is 4.52 Å². The van der Waals surface area contributed by atoms with E-state index < -0.39 is 0 Å². The first kappa shape index (κ1) is 15.0.